The van der Waals surface area contributed by atoms with Crippen LogP contribution in [0.15, 0.2) is 172 Å². The molecular formula is C80H75BF4N24O20P4S2. The number of ether oxygens (including phenoxy) is 4. The second-order valence-corrected chi connectivity index (χ2v) is 37.5. The number of benzene rings is 4. The lowest BCUT2D eigenvalue weighted by molar-refractivity contribution is -0.0618. The third-order valence-electron chi connectivity index (χ3n) is 20.8. The number of nitrogens with one attached hydrogen (secondary N) is 4. The van der Waals surface area contributed by atoms with Gasteiger partial charge in [0.05, 0.1) is 76.7 Å². The molecular weight excluding hydrogens is 1890 g/mol. The molecule has 44 nitrogen and oxygen atoms in total. The number of amides is 4. The maximum atomic E-state index is 17.2. The Morgan fingerprint density at radius 2 is 0.800 bits per heavy atom. The van der Waals surface area contributed by atoms with Crippen molar-refractivity contribution in [2.45, 2.75) is 111 Å². The van der Waals surface area contributed by atoms with E-state index in [0.29, 0.717) is 22.3 Å². The summed E-state index contributed by atoms with van der Waals surface area (Å²) in [6, 6.07) is 37.7. The van der Waals surface area contributed by atoms with Crippen LogP contribution in [0.3, 0.4) is 0 Å². The van der Waals surface area contributed by atoms with Gasteiger partial charge in [0.25, 0.3) is 23.6 Å². The number of nitriles is 2. The molecule has 4 aromatic carbocycles. The first-order valence-corrected chi connectivity index (χ1v) is 47.9. The van der Waals surface area contributed by atoms with Gasteiger partial charge in [0.15, 0.2) is 124 Å². The molecule has 12 aromatic rings. The summed E-state index contributed by atoms with van der Waals surface area (Å²) < 4.78 is 173. The van der Waals surface area contributed by atoms with Gasteiger partial charge in [0, 0.05) is 22.3 Å². The number of imidazole rings is 4. The average molecular weight is 1970 g/mol. The van der Waals surface area contributed by atoms with Gasteiger partial charge in [-0.05, 0) is 72.1 Å². The predicted octanol–water partition coefficient (Wildman–Crippen LogP) is 10.4. The van der Waals surface area contributed by atoms with Crippen LogP contribution in [0.4, 0.5) is 40.8 Å². The molecule has 6 saturated heterocycles. The molecule has 4 amide bonds. The van der Waals surface area contributed by atoms with Crippen LogP contribution in [0.5, 0.6) is 0 Å². The summed E-state index contributed by atoms with van der Waals surface area (Å²) in [6.45, 7) is 3.40. The van der Waals surface area contributed by atoms with Crippen molar-refractivity contribution in [2.24, 2.45) is 0 Å². The lowest BCUT2D eigenvalue weighted by atomic mass is 10.1. The molecule has 20 atom stereocenters. The van der Waals surface area contributed by atoms with Crippen molar-refractivity contribution in [2.75, 3.05) is 87.2 Å². The Bertz CT molecular complexity index is 6600. The molecule has 8 unspecified atom stereocenters. The van der Waals surface area contributed by atoms with Gasteiger partial charge in [-0.25, -0.2) is 104 Å². The van der Waals surface area contributed by atoms with Crippen LogP contribution >= 0.6 is 29.9 Å². The van der Waals surface area contributed by atoms with Gasteiger partial charge in [-0.2, -0.15) is 10.5 Å². The third kappa shape index (κ3) is 21.1. The van der Waals surface area contributed by atoms with Gasteiger partial charge in [0.2, 0.25) is 28.5 Å². The maximum absolute atomic E-state index is 17.2. The highest BCUT2D eigenvalue weighted by atomic mass is 32.5. The molecule has 8 aromatic heterocycles. The Balaban J connectivity index is 0.000000188. The van der Waals surface area contributed by atoms with Crippen molar-refractivity contribution >= 4 is 153 Å². The Morgan fingerprint density at radius 3 is 1.18 bits per heavy atom. The van der Waals surface area contributed by atoms with Gasteiger partial charge >= 0.3 is 22.0 Å². The van der Waals surface area contributed by atoms with Crippen molar-refractivity contribution in [3.05, 3.63) is 217 Å². The molecule has 6 fully saturated rings. The minimum atomic E-state index is -4.07. The highest BCUT2D eigenvalue weighted by Crippen LogP contribution is 2.63. The van der Waals surface area contributed by atoms with Gasteiger partial charge in [-0.3, -0.25) is 46.5 Å². The quantitative estimate of drug-likeness (QED) is 0.0143. The van der Waals surface area contributed by atoms with Crippen molar-refractivity contribution in [1.29, 1.82) is 10.5 Å². The van der Waals surface area contributed by atoms with Crippen molar-refractivity contribution < 1.29 is 110 Å². The van der Waals surface area contributed by atoms with Crippen molar-refractivity contribution in [1.82, 2.24) is 78.1 Å². The Labute approximate surface area is 774 Å². The summed E-state index contributed by atoms with van der Waals surface area (Å²) in [6.07, 6.45) is -15.5. The normalized spacial score (nSPS) is 27.9. The van der Waals surface area contributed by atoms with Crippen LogP contribution in [0.25, 0.3) is 54.3 Å². The Kier molecular flexibility index (Phi) is 30.0. The molecule has 55 heteroatoms. The monoisotopic (exact) mass is 1970 g/mol. The number of alkyl halides is 4. The molecule has 135 heavy (non-hydrogen) atoms. The van der Waals surface area contributed by atoms with Crippen LogP contribution in [0.2, 0.25) is 0 Å². The molecule has 0 spiro atoms. The molecule has 698 valence electrons. The molecule has 4 N–H and O–H groups in total. The summed E-state index contributed by atoms with van der Waals surface area (Å²) in [5, 5.41) is 29.6. The highest BCUT2D eigenvalue weighted by Gasteiger charge is 2.58. The number of hydrogen-bond acceptors (Lipinski definition) is 36. The fourth-order valence-corrected chi connectivity index (χ4v) is 21.0. The minimum Gasteiger partial charge on any atom is -0.346 e. The number of anilines is 4. The second kappa shape index (κ2) is 42.6. The predicted molar refractivity (Wildman–Crippen MR) is 477 cm³/mol. The van der Waals surface area contributed by atoms with E-state index in [1.54, 1.807) is 121 Å². The number of carbonyl (C=O) groups is 4. The molecule has 14 heterocycles. The van der Waals surface area contributed by atoms with E-state index in [0.717, 1.165) is 0 Å². The van der Waals surface area contributed by atoms with Crippen LogP contribution in [0, 0.1) is 35.8 Å². The molecule has 6 aliphatic rings. The summed E-state index contributed by atoms with van der Waals surface area (Å²) in [5.41, 5.74) is 2.41. The zero-order chi connectivity index (χ0) is 93.9. The number of nitrogens with zero attached hydrogens (tertiary/aromatic N) is 20. The van der Waals surface area contributed by atoms with E-state index < -0.39 is 186 Å². The Hall–Kier alpha value is -11.8. The van der Waals surface area contributed by atoms with Crippen LogP contribution in [-0.4, -0.2) is 249 Å². The van der Waals surface area contributed by atoms with Crippen molar-refractivity contribution in [3.63, 3.8) is 0 Å². The molecule has 6 aliphatic heterocycles. The van der Waals surface area contributed by atoms with Crippen LogP contribution < -0.4 is 21.3 Å². The van der Waals surface area contributed by atoms with E-state index in [1.165, 1.54) is 68.9 Å². The van der Waals surface area contributed by atoms with E-state index >= 15 is 17.6 Å². The molecule has 0 radical (unpaired) electrons. The van der Waals surface area contributed by atoms with E-state index in [2.05, 4.69) is 90.8 Å². The number of carbonyl (C=O) groups excluding carboxylic acids is 4. The average Bonchev–Trinajstić information content (AvgIpc) is 1.62. The summed E-state index contributed by atoms with van der Waals surface area (Å²) in [7, 11) is -7.12. The van der Waals surface area contributed by atoms with E-state index in [4.69, 9.17) is 110 Å². The van der Waals surface area contributed by atoms with Gasteiger partial charge < -0.3 is 81.6 Å². The topological polar surface area (TPSA) is 495 Å². The fourth-order valence-electron chi connectivity index (χ4n) is 14.5. The zero-order valence-corrected chi connectivity index (χ0v) is 74.3. The second-order valence-electron chi connectivity index (χ2n) is 29.2. The largest absolute Gasteiger partial charge is 0.346 e. The maximum Gasteiger partial charge on any atom is 0.333 e. The third-order valence-corrected chi connectivity index (χ3v) is 27.8. The highest BCUT2D eigenvalue weighted by molar-refractivity contribution is 8.07. The van der Waals surface area contributed by atoms with E-state index in [9.17, 15) is 29.7 Å². The van der Waals surface area contributed by atoms with Gasteiger partial charge in [-0.1, -0.05) is 72.8 Å². The van der Waals surface area contributed by atoms with E-state index in [-0.39, 0.29) is 120 Å². The number of rotatable bonds is 24. The number of hydrogen-bond donors (Lipinski definition) is 4. The zero-order valence-electron chi connectivity index (χ0n) is 69.1. The van der Waals surface area contributed by atoms with Crippen molar-refractivity contribution in [3.8, 4) is 12.1 Å². The first-order chi connectivity index (χ1) is 65.6. The first-order valence-electron chi connectivity index (χ1n) is 40.6. The summed E-state index contributed by atoms with van der Waals surface area (Å²) in [4.78, 5) is 110. The number of fused-ring (bicyclic) bond motifs is 8. The summed E-state index contributed by atoms with van der Waals surface area (Å²) >= 11 is 11.7. The van der Waals surface area contributed by atoms with Gasteiger partial charge in [0.1, 0.15) is 94.5 Å². The Morgan fingerprint density at radius 1 is 0.467 bits per heavy atom. The van der Waals surface area contributed by atoms with Crippen LogP contribution in [0.1, 0.15) is 79.2 Å². The number of halogens is 4. The lowest BCUT2D eigenvalue weighted by Crippen LogP contribution is -2.38. The lowest BCUT2D eigenvalue weighted by Gasteiger charge is -2.33. The minimum absolute atomic E-state index is 0.0472. The molecule has 0 aliphatic carbocycles. The molecule has 0 bridgehead atoms. The SMILES string of the molecule is [BH3-][P+]1(OCCC#N)OC[C@H]2O[C@@H](n3cnc4c(NC(=O)c5ccccc5)ncnc43)C(F)[C@H]2OP(=S)(OCC[N+]#[C-])OC[C@H]2O[C@@H](n3cnc4c(NC(=O)c5ccccc5)ncnc43)[C@@H](F)C2O1.[C-]#[N+]CCOP1OC[C@H]2O[C@@H](n3cnc4c(NC(=O)c5ccccc5)ncnc43)[C@@H](F)C2OP(=S)(OCCC#N)OC[C@H]2O[C@@H](n3cnc4c(NC(=O)c5ccccc5)ncnc43)C(F)[C@H]2O1. The molecule has 0 saturated carbocycles. The molecule has 18 rings (SSSR count). The van der Waals surface area contributed by atoms with E-state index in [1.807, 2.05) is 12.1 Å². The smallest absolute Gasteiger partial charge is 0.333 e. The first kappa shape index (κ1) is 95.0. The van der Waals surface area contributed by atoms with Crippen LogP contribution in [-0.2, 0) is 96.8 Å². The standard InChI is InChI=1S/C40H39BF2N12O10P2S.C40H36F2N12O10P2S/c1-45-14-16-59-67(68)61-18-26-31(27(42)39(63-26)54-21-50-29-33(46-19-48-35(29)54)52-37(56)23-9-4-2-5-10-23)64-66(41,58-15-8-13-44)60-17-25-32(65-67)28(43)40(62-25)55-22-51-30-34(47-20-49-36(30)55)53-38(57)24-11-6-3-7-12-24;1-44-14-16-57-65-58-17-25-32(28(42)40(61-25)54-22-50-30-34(46-20-48-36(30)54)52-38(56)24-11-6-3-7-12-24)64-66(67,59-15-8-13-43)60-18-26-31(63-65)27(41)39(62-26)53-21-49-29-33(45-19-47-35(29)53)51-37(55)23-9-4-2-5-10-23/h2-7,9-12,19-22,25-28,31-32,39-40H,8,14-18H2,41H3,(H,46,48,52,56)(H,47,49,53,57);2-7,9-12,19-22,25-28,31-32,39-40H,8,14-18H2,(H,45,47,51,55)(H,46,48,52,56)/t25-,26-,27+,28?,31?,32+,39-,40-,66?,67?;25-,26-,27?,28+,31+,32?,39-,40-,65?,66?/m11/s1. The summed E-state index contributed by atoms with van der Waals surface area (Å²) in [5.74, 6) is -1.60. The fraction of sp³-hybridized carbons (Fsp3) is 0.350. The van der Waals surface area contributed by atoms with Gasteiger partial charge in [-0.15, -0.1) is 0 Å². The number of aromatic nitrogens is 16.